The van der Waals surface area contributed by atoms with Crippen LogP contribution in [0.4, 0.5) is 0 Å². The zero-order valence-electron chi connectivity index (χ0n) is 10.8. The molecule has 0 bridgehead atoms. The van der Waals surface area contributed by atoms with Gasteiger partial charge in [-0.15, -0.1) is 0 Å². The average Bonchev–Trinajstić information content (AvgIpc) is 3.02. The third-order valence-corrected chi connectivity index (χ3v) is 6.31. The largest absolute Gasteiger partial charge is 0.479 e. The monoisotopic (exact) mass is 290 g/mol. The van der Waals surface area contributed by atoms with Gasteiger partial charge in [-0.2, -0.15) is 0 Å². The number of nitrogens with two attached hydrogens (primary N) is 1. The molecule has 4 N–H and O–H groups in total. The van der Waals surface area contributed by atoms with Gasteiger partial charge in [-0.3, -0.25) is 4.79 Å². The van der Waals surface area contributed by atoms with Crippen molar-refractivity contribution in [1.29, 1.82) is 0 Å². The number of aliphatic carboxylic acids is 1. The van der Waals surface area contributed by atoms with Crippen molar-refractivity contribution in [3.8, 4) is 0 Å². The van der Waals surface area contributed by atoms with Crippen LogP contribution >= 0.6 is 0 Å². The molecule has 8 heteroatoms. The number of sulfone groups is 1. The van der Waals surface area contributed by atoms with Crippen LogP contribution in [-0.2, 0) is 19.4 Å². The molecular weight excluding hydrogens is 272 g/mol. The first-order valence-corrected chi connectivity index (χ1v) is 7.86. The van der Waals surface area contributed by atoms with E-state index in [4.69, 9.17) is 5.73 Å². The molecule has 19 heavy (non-hydrogen) atoms. The molecule has 0 aromatic heterocycles. The molecule has 1 saturated carbocycles. The van der Waals surface area contributed by atoms with E-state index >= 15 is 0 Å². The Labute approximate surface area is 111 Å². The van der Waals surface area contributed by atoms with Crippen molar-refractivity contribution >= 4 is 21.7 Å². The number of carbonyl (C=O) groups is 2. The highest BCUT2D eigenvalue weighted by atomic mass is 32.2. The fraction of sp³-hybridized carbons (Fsp3) is 0.818. The lowest BCUT2D eigenvalue weighted by atomic mass is 9.94. The minimum atomic E-state index is -3.43. The maximum Gasteiger partial charge on any atom is 0.330 e. The highest BCUT2D eigenvalue weighted by molar-refractivity contribution is 7.92. The van der Waals surface area contributed by atoms with Crippen molar-refractivity contribution in [2.75, 3.05) is 5.75 Å². The van der Waals surface area contributed by atoms with Crippen molar-refractivity contribution in [2.24, 2.45) is 17.6 Å². The number of rotatable bonds is 4. The van der Waals surface area contributed by atoms with Crippen LogP contribution in [0.2, 0.25) is 0 Å². The van der Waals surface area contributed by atoms with Gasteiger partial charge in [0.2, 0.25) is 5.91 Å². The van der Waals surface area contributed by atoms with Gasteiger partial charge < -0.3 is 16.2 Å². The summed E-state index contributed by atoms with van der Waals surface area (Å²) >= 11 is 0. The fourth-order valence-electron chi connectivity index (χ4n) is 2.63. The van der Waals surface area contributed by atoms with Crippen LogP contribution in [0.5, 0.6) is 0 Å². The molecule has 0 aromatic rings. The van der Waals surface area contributed by atoms with E-state index in [1.807, 2.05) is 0 Å². The highest BCUT2D eigenvalue weighted by Gasteiger charge is 2.70. The molecule has 2 fully saturated rings. The number of carbonyl (C=O) groups excluding carboxylic acids is 1. The molecule has 0 spiro atoms. The van der Waals surface area contributed by atoms with Gasteiger partial charge in [0.05, 0.1) is 17.0 Å². The van der Waals surface area contributed by atoms with Gasteiger partial charge in [0.15, 0.2) is 15.4 Å². The topological polar surface area (TPSA) is 127 Å². The Morgan fingerprint density at radius 3 is 2.32 bits per heavy atom. The summed E-state index contributed by atoms with van der Waals surface area (Å²) < 4.78 is 23.5. The van der Waals surface area contributed by atoms with E-state index in [9.17, 15) is 23.1 Å². The summed E-state index contributed by atoms with van der Waals surface area (Å²) in [5.41, 5.74) is 3.97. The van der Waals surface area contributed by atoms with Crippen LogP contribution in [0.1, 0.15) is 20.3 Å². The summed E-state index contributed by atoms with van der Waals surface area (Å²) in [5, 5.41) is 11.1. The van der Waals surface area contributed by atoms with Crippen LogP contribution in [-0.4, -0.2) is 48.0 Å². The maximum absolute atomic E-state index is 11.9. The minimum Gasteiger partial charge on any atom is -0.479 e. The van der Waals surface area contributed by atoms with Crippen molar-refractivity contribution < 1.29 is 23.1 Å². The van der Waals surface area contributed by atoms with E-state index in [-0.39, 0.29) is 5.92 Å². The minimum absolute atomic E-state index is 0.154. The van der Waals surface area contributed by atoms with Crippen molar-refractivity contribution in [3.63, 3.8) is 0 Å². The summed E-state index contributed by atoms with van der Waals surface area (Å²) in [6.07, 6.45) is 0.297. The number of hydrogen-bond donors (Lipinski definition) is 3. The number of hydrogen-bond acceptors (Lipinski definition) is 5. The van der Waals surface area contributed by atoms with Gasteiger partial charge in [-0.1, -0.05) is 13.8 Å². The van der Waals surface area contributed by atoms with Crippen LogP contribution in [0.15, 0.2) is 0 Å². The molecule has 4 atom stereocenters. The van der Waals surface area contributed by atoms with E-state index in [1.54, 1.807) is 13.8 Å². The summed E-state index contributed by atoms with van der Waals surface area (Å²) in [5.74, 6) is -3.14. The van der Waals surface area contributed by atoms with Crippen LogP contribution < -0.4 is 11.1 Å². The smallest absolute Gasteiger partial charge is 0.330 e. The molecule has 0 aromatic carbocycles. The van der Waals surface area contributed by atoms with E-state index in [1.165, 1.54) is 0 Å². The van der Waals surface area contributed by atoms with Crippen LogP contribution in [0.25, 0.3) is 0 Å². The van der Waals surface area contributed by atoms with E-state index < -0.39 is 50.2 Å². The number of carboxylic acids is 1. The third kappa shape index (κ3) is 2.12. The number of fused-ring (bicyclic) bond motifs is 1. The van der Waals surface area contributed by atoms with Gasteiger partial charge >= 0.3 is 5.97 Å². The average molecular weight is 290 g/mol. The molecule has 1 aliphatic heterocycles. The lowest BCUT2D eigenvalue weighted by molar-refractivity contribution is -0.147. The second kappa shape index (κ2) is 4.17. The third-order valence-electron chi connectivity index (χ3n) is 4.00. The summed E-state index contributed by atoms with van der Waals surface area (Å²) in [4.78, 5) is 23.4. The Morgan fingerprint density at radius 2 is 2.00 bits per heavy atom. The van der Waals surface area contributed by atoms with Gasteiger partial charge in [0.25, 0.3) is 0 Å². The Bertz CT molecular complexity index is 529. The normalized spacial score (nSPS) is 36.6. The lowest BCUT2D eigenvalue weighted by Crippen LogP contribution is -2.61. The second-order valence-corrected chi connectivity index (χ2v) is 7.94. The van der Waals surface area contributed by atoms with Gasteiger partial charge in [0.1, 0.15) is 0 Å². The summed E-state index contributed by atoms with van der Waals surface area (Å²) in [6, 6.07) is -0.850. The molecule has 1 amide bonds. The molecule has 1 heterocycles. The highest BCUT2D eigenvalue weighted by Crippen LogP contribution is 2.52. The molecular formula is C11H18N2O5S. The number of amides is 1. The lowest BCUT2D eigenvalue weighted by Gasteiger charge is -2.28. The predicted octanol–water partition coefficient (Wildman–Crippen LogP) is -1.27. The maximum atomic E-state index is 11.9. The predicted molar refractivity (Wildman–Crippen MR) is 67.0 cm³/mol. The van der Waals surface area contributed by atoms with Gasteiger partial charge in [0, 0.05) is 5.92 Å². The van der Waals surface area contributed by atoms with Gasteiger partial charge in [-0.05, 0) is 12.3 Å². The molecule has 1 aliphatic carbocycles. The zero-order valence-corrected chi connectivity index (χ0v) is 11.6. The Balaban J connectivity index is 2.25. The Kier molecular flexibility index (Phi) is 3.13. The first-order chi connectivity index (χ1) is 8.62. The second-order valence-electron chi connectivity index (χ2n) is 5.72. The molecule has 2 aliphatic rings. The van der Waals surface area contributed by atoms with E-state index in [0.717, 1.165) is 0 Å². The molecule has 0 unspecified atom stereocenters. The molecule has 7 nitrogen and oxygen atoms in total. The standard InChI is InChI=1S/C11H18N2O5S/c1-5(2)8(12)9(14)13-11(10(15)16)4-19(17,18)7-3-6(7)11/h5-8H,3-4,12H2,1-2H3,(H,13,14)(H,15,16)/t6-,7+,8+,11+/m1/s1. The molecule has 0 radical (unpaired) electrons. The first kappa shape index (κ1) is 14.3. The number of nitrogens with one attached hydrogen (secondary N) is 1. The Morgan fingerprint density at radius 1 is 1.42 bits per heavy atom. The van der Waals surface area contributed by atoms with E-state index in [0.29, 0.717) is 6.42 Å². The SMILES string of the molecule is CC(C)[C@H](N)C(=O)N[C@@]1(C(=O)O)CS(=O)(=O)[C@H]2C[C@H]21. The van der Waals surface area contributed by atoms with Crippen molar-refractivity contribution in [1.82, 2.24) is 5.32 Å². The summed E-state index contributed by atoms with van der Waals surface area (Å²) in [6.45, 7) is 3.48. The molecule has 2 rings (SSSR count). The molecule has 108 valence electrons. The van der Waals surface area contributed by atoms with E-state index in [2.05, 4.69) is 5.32 Å². The van der Waals surface area contributed by atoms with Crippen LogP contribution in [0.3, 0.4) is 0 Å². The molecule has 1 saturated heterocycles. The number of carboxylic acid groups (broad SMARTS) is 1. The van der Waals surface area contributed by atoms with Crippen LogP contribution in [0, 0.1) is 11.8 Å². The quantitative estimate of drug-likeness (QED) is 0.592. The van der Waals surface area contributed by atoms with Crippen molar-refractivity contribution in [3.05, 3.63) is 0 Å². The zero-order chi connectivity index (χ0) is 14.6. The summed E-state index contributed by atoms with van der Waals surface area (Å²) in [7, 11) is -3.43. The fourth-order valence-corrected chi connectivity index (χ4v) is 5.12. The van der Waals surface area contributed by atoms with Gasteiger partial charge in [-0.25, -0.2) is 13.2 Å². The van der Waals surface area contributed by atoms with Crippen molar-refractivity contribution in [2.45, 2.75) is 37.1 Å². The first-order valence-electron chi connectivity index (χ1n) is 6.14. The Hall–Kier alpha value is -1.15.